The summed E-state index contributed by atoms with van der Waals surface area (Å²) in [4.78, 5) is 1.26. The minimum atomic E-state index is -3.82. The summed E-state index contributed by atoms with van der Waals surface area (Å²) in [6, 6.07) is 10.4. The van der Waals surface area contributed by atoms with Crippen LogP contribution in [0.3, 0.4) is 0 Å². The molecule has 192 valence electrons. The Kier molecular flexibility index (Phi) is 4.62. The lowest BCUT2D eigenvalue weighted by atomic mass is 9.87. The predicted molar refractivity (Wildman–Crippen MR) is 132 cm³/mol. The molecule has 1 spiro atoms. The maximum Gasteiger partial charge on any atom is 0.264 e. The number of rotatable bonds is 4. The van der Waals surface area contributed by atoms with Crippen LogP contribution in [0.15, 0.2) is 53.8 Å². The zero-order valence-corrected chi connectivity index (χ0v) is 21.4. The van der Waals surface area contributed by atoms with Crippen molar-refractivity contribution in [1.82, 2.24) is 34.4 Å². The van der Waals surface area contributed by atoms with E-state index in [1.54, 1.807) is 30.1 Å². The lowest BCUT2D eigenvalue weighted by Crippen LogP contribution is -2.51. The minimum Gasteiger partial charge on any atom is -0.363 e. The highest BCUT2D eigenvalue weighted by atomic mass is 32.2. The third-order valence-electron chi connectivity index (χ3n) is 8.38. The molecule has 1 aliphatic carbocycles. The van der Waals surface area contributed by atoms with Crippen molar-refractivity contribution in [2.75, 3.05) is 19.7 Å². The second-order valence-electron chi connectivity index (χ2n) is 10.3. The number of nitrogens with zero attached hydrogens (tertiary/aromatic N) is 6. The van der Waals surface area contributed by atoms with Crippen LogP contribution in [0.5, 0.6) is 0 Å². The van der Waals surface area contributed by atoms with Crippen LogP contribution < -0.4 is 5.32 Å². The van der Waals surface area contributed by atoms with Gasteiger partial charge in [-0.1, -0.05) is 0 Å². The Morgan fingerprint density at radius 2 is 1.92 bits per heavy atom. The fourth-order valence-electron chi connectivity index (χ4n) is 6.72. The number of benzene rings is 2. The van der Waals surface area contributed by atoms with Gasteiger partial charge in [0.1, 0.15) is 12.0 Å². The fourth-order valence-corrected chi connectivity index (χ4v) is 8.13. The van der Waals surface area contributed by atoms with Crippen LogP contribution in [0.4, 0.5) is 4.39 Å². The summed E-state index contributed by atoms with van der Waals surface area (Å²) in [7, 11) is -2.22. The van der Waals surface area contributed by atoms with Crippen molar-refractivity contribution >= 4 is 20.9 Å². The molecule has 2 aromatic heterocycles. The molecule has 4 atom stereocenters. The molecular weight excluding hydrogens is 497 g/mol. The molecule has 4 heterocycles. The van der Waals surface area contributed by atoms with Crippen LogP contribution in [0.2, 0.25) is 0 Å². The first-order valence-electron chi connectivity index (χ1n) is 12.2. The molecule has 0 amide bonds. The van der Waals surface area contributed by atoms with Gasteiger partial charge in [-0.2, -0.15) is 19.3 Å². The number of halogens is 1. The van der Waals surface area contributed by atoms with E-state index in [2.05, 4.69) is 32.7 Å². The molecule has 1 unspecified atom stereocenters. The SMILES string of the molecule is Cc1cc2c(cnn2-c2ccc(F)cc2)cc1[C@]12CN(S(=O)(=O)c3cnn(C)n3)C[C@]13NC(C)OC[C@H]23. The van der Waals surface area contributed by atoms with E-state index in [0.717, 1.165) is 27.7 Å². The van der Waals surface area contributed by atoms with Gasteiger partial charge < -0.3 is 4.74 Å². The van der Waals surface area contributed by atoms with Gasteiger partial charge in [0.05, 0.1) is 35.7 Å². The standard InChI is InChI=1S/C25H26FN7O3S/c1-15-8-21-17(10-28-33(21)19-6-4-18(26)5-7-19)9-20(15)24-13-32(37(34,35)23-11-27-31(3)30-23)14-25(24)22(24)12-36-16(2)29-25/h4-11,16,22,29H,12-14H2,1-3H3/t16?,22-,24+,25-/m1/s1. The molecule has 10 nitrogen and oxygen atoms in total. The first kappa shape index (κ1) is 23.0. The van der Waals surface area contributed by atoms with Crippen LogP contribution >= 0.6 is 0 Å². The molecule has 0 radical (unpaired) electrons. The maximum absolute atomic E-state index is 13.5. The summed E-state index contributed by atoms with van der Waals surface area (Å²) >= 11 is 0. The summed E-state index contributed by atoms with van der Waals surface area (Å²) in [6.45, 7) is 5.21. The van der Waals surface area contributed by atoms with E-state index in [1.807, 2.05) is 13.8 Å². The van der Waals surface area contributed by atoms with Crippen LogP contribution in [-0.2, 0) is 27.2 Å². The number of aromatic nitrogens is 5. The van der Waals surface area contributed by atoms with E-state index in [-0.39, 0.29) is 23.0 Å². The van der Waals surface area contributed by atoms with Crippen LogP contribution in [0, 0.1) is 18.7 Å². The Hall–Kier alpha value is -3.19. The van der Waals surface area contributed by atoms with E-state index in [0.29, 0.717) is 19.7 Å². The highest BCUT2D eigenvalue weighted by Crippen LogP contribution is 2.69. The zero-order valence-electron chi connectivity index (χ0n) is 20.6. The minimum absolute atomic E-state index is 0.0488. The highest BCUT2D eigenvalue weighted by molar-refractivity contribution is 7.89. The summed E-state index contributed by atoms with van der Waals surface area (Å²) in [5.41, 5.74) is 2.91. The summed E-state index contributed by atoms with van der Waals surface area (Å²) < 4.78 is 49.8. The molecule has 2 aromatic carbocycles. The average Bonchev–Trinajstić information content (AvgIpc) is 3.32. The van der Waals surface area contributed by atoms with Crippen LogP contribution in [0.25, 0.3) is 16.6 Å². The Balaban J connectivity index is 1.34. The van der Waals surface area contributed by atoms with Gasteiger partial charge in [0, 0.05) is 36.9 Å². The van der Waals surface area contributed by atoms with Gasteiger partial charge in [-0.05, 0) is 61.4 Å². The van der Waals surface area contributed by atoms with Crippen molar-refractivity contribution in [3.8, 4) is 5.69 Å². The second-order valence-corrected chi connectivity index (χ2v) is 12.2. The van der Waals surface area contributed by atoms with Crippen molar-refractivity contribution in [2.24, 2.45) is 13.0 Å². The van der Waals surface area contributed by atoms with Crippen LogP contribution in [0.1, 0.15) is 18.1 Å². The molecule has 1 saturated carbocycles. The van der Waals surface area contributed by atoms with Gasteiger partial charge in [0.15, 0.2) is 0 Å². The third kappa shape index (κ3) is 3.00. The summed E-state index contributed by atoms with van der Waals surface area (Å²) in [5, 5.41) is 17.1. The van der Waals surface area contributed by atoms with E-state index >= 15 is 0 Å². The molecular formula is C25H26FN7O3S. The monoisotopic (exact) mass is 523 g/mol. The number of sulfonamides is 1. The third-order valence-corrected chi connectivity index (χ3v) is 10.0. The molecule has 3 fully saturated rings. The first-order valence-corrected chi connectivity index (χ1v) is 13.6. The van der Waals surface area contributed by atoms with Crippen LogP contribution in [-0.4, -0.2) is 69.0 Å². The van der Waals surface area contributed by atoms with Gasteiger partial charge in [0.2, 0.25) is 5.03 Å². The largest absolute Gasteiger partial charge is 0.363 e. The molecule has 37 heavy (non-hydrogen) atoms. The van der Waals surface area contributed by atoms with Crippen molar-refractivity contribution in [1.29, 1.82) is 0 Å². The lowest BCUT2D eigenvalue weighted by molar-refractivity contribution is -0.0125. The van der Waals surface area contributed by atoms with E-state index < -0.39 is 21.0 Å². The molecule has 3 aliphatic rings. The van der Waals surface area contributed by atoms with Gasteiger partial charge in [-0.15, -0.1) is 5.10 Å². The van der Waals surface area contributed by atoms with E-state index in [9.17, 15) is 12.8 Å². The Bertz CT molecular complexity index is 1670. The quantitative estimate of drug-likeness (QED) is 0.435. The number of piperidine rings is 1. The van der Waals surface area contributed by atoms with Gasteiger partial charge in [-0.3, -0.25) is 5.32 Å². The number of hydrogen-bond donors (Lipinski definition) is 1. The second kappa shape index (κ2) is 7.44. The number of fused-ring (bicyclic) bond motifs is 2. The normalized spacial score (nSPS) is 29.4. The highest BCUT2D eigenvalue weighted by Gasteiger charge is 2.83. The molecule has 4 aromatic rings. The average molecular weight is 524 g/mol. The predicted octanol–water partition coefficient (Wildman–Crippen LogP) is 1.88. The Morgan fingerprint density at radius 1 is 1.14 bits per heavy atom. The number of aryl methyl sites for hydroxylation is 2. The lowest BCUT2D eigenvalue weighted by Gasteiger charge is -2.30. The van der Waals surface area contributed by atoms with Gasteiger partial charge >= 0.3 is 0 Å². The van der Waals surface area contributed by atoms with Gasteiger partial charge in [-0.25, -0.2) is 17.5 Å². The van der Waals surface area contributed by atoms with Crippen molar-refractivity contribution < 1.29 is 17.5 Å². The van der Waals surface area contributed by atoms with E-state index in [4.69, 9.17) is 4.74 Å². The topological polar surface area (TPSA) is 107 Å². The molecule has 2 saturated heterocycles. The zero-order chi connectivity index (χ0) is 25.7. The molecule has 7 rings (SSSR count). The molecule has 2 aliphatic heterocycles. The molecule has 12 heteroatoms. The van der Waals surface area contributed by atoms with Crippen molar-refractivity contribution in [3.63, 3.8) is 0 Å². The number of nitrogens with one attached hydrogen (secondary N) is 1. The maximum atomic E-state index is 13.5. The van der Waals surface area contributed by atoms with Crippen molar-refractivity contribution in [3.05, 3.63) is 65.7 Å². The Morgan fingerprint density at radius 3 is 2.65 bits per heavy atom. The van der Waals surface area contributed by atoms with E-state index in [1.165, 1.54) is 27.4 Å². The Labute approximate surface area is 213 Å². The number of ether oxygens (including phenoxy) is 1. The smallest absolute Gasteiger partial charge is 0.264 e. The number of hydrogen-bond acceptors (Lipinski definition) is 7. The van der Waals surface area contributed by atoms with Crippen molar-refractivity contribution in [2.45, 2.75) is 36.1 Å². The summed E-state index contributed by atoms with van der Waals surface area (Å²) in [6.07, 6.45) is 2.90. The summed E-state index contributed by atoms with van der Waals surface area (Å²) in [5.74, 6) is -0.168. The van der Waals surface area contributed by atoms with Gasteiger partial charge in [0.25, 0.3) is 10.0 Å². The fraction of sp³-hybridized carbons (Fsp3) is 0.400. The molecule has 1 N–H and O–H groups in total. The molecule has 0 bridgehead atoms. The first-order chi connectivity index (χ1) is 17.7.